The Kier molecular flexibility index (Phi) is 3.01. The molecule has 0 saturated heterocycles. The van der Waals surface area contributed by atoms with Gasteiger partial charge < -0.3 is 19.0 Å². The van der Waals surface area contributed by atoms with Crippen LogP contribution in [0.1, 0.15) is 32.6 Å². The van der Waals surface area contributed by atoms with Crippen molar-refractivity contribution in [1.82, 2.24) is 0 Å². The molecule has 2 N–H and O–H groups in total. The van der Waals surface area contributed by atoms with Crippen molar-refractivity contribution in [3.8, 4) is 0 Å². The van der Waals surface area contributed by atoms with E-state index in [2.05, 4.69) is 0 Å². The first-order chi connectivity index (χ1) is 8.56. The summed E-state index contributed by atoms with van der Waals surface area (Å²) in [5.74, 6) is -1.97. The molecule has 92 valence electrons. The van der Waals surface area contributed by atoms with Crippen LogP contribution in [0.25, 0.3) is 12.2 Å². The van der Waals surface area contributed by atoms with Crippen molar-refractivity contribution in [2.75, 3.05) is 0 Å². The minimum atomic E-state index is -1.15. The summed E-state index contributed by atoms with van der Waals surface area (Å²) in [7, 11) is 0. The zero-order chi connectivity index (χ0) is 13.1. The summed E-state index contributed by atoms with van der Waals surface area (Å²) in [6, 6.07) is 5.63. The molecule has 6 heteroatoms. The van der Waals surface area contributed by atoms with Crippen molar-refractivity contribution in [1.29, 1.82) is 0 Å². The molecule has 0 radical (unpaired) electrons. The summed E-state index contributed by atoms with van der Waals surface area (Å²) in [6.45, 7) is 0. The highest BCUT2D eigenvalue weighted by Crippen LogP contribution is 2.14. The smallest absolute Gasteiger partial charge is 0.371 e. The van der Waals surface area contributed by atoms with Crippen LogP contribution < -0.4 is 0 Å². The molecule has 2 rings (SSSR count). The molecule has 0 aliphatic carbocycles. The van der Waals surface area contributed by atoms with Gasteiger partial charge in [0.15, 0.2) is 0 Å². The van der Waals surface area contributed by atoms with Crippen molar-refractivity contribution in [3.05, 3.63) is 47.3 Å². The van der Waals surface area contributed by atoms with Crippen LogP contribution in [-0.4, -0.2) is 22.2 Å². The summed E-state index contributed by atoms with van der Waals surface area (Å²) in [6.07, 6.45) is 2.97. The first kappa shape index (κ1) is 11.7. The molecule has 0 aromatic carbocycles. The molecule has 0 bridgehead atoms. The van der Waals surface area contributed by atoms with E-state index in [0.717, 1.165) is 0 Å². The molecule has 0 atom stereocenters. The summed E-state index contributed by atoms with van der Waals surface area (Å²) in [5, 5.41) is 17.3. The molecule has 0 aliphatic rings. The molecular formula is C12H8O6. The Morgan fingerprint density at radius 1 is 0.833 bits per heavy atom. The molecule has 0 spiro atoms. The Morgan fingerprint density at radius 2 is 1.22 bits per heavy atom. The van der Waals surface area contributed by atoms with Gasteiger partial charge in [-0.1, -0.05) is 0 Å². The van der Waals surface area contributed by atoms with Crippen molar-refractivity contribution in [2.24, 2.45) is 0 Å². The molecule has 0 fully saturated rings. The van der Waals surface area contributed by atoms with E-state index >= 15 is 0 Å². The summed E-state index contributed by atoms with van der Waals surface area (Å²) in [5.41, 5.74) is 0. The van der Waals surface area contributed by atoms with Crippen LogP contribution in [0.4, 0.5) is 0 Å². The van der Waals surface area contributed by atoms with E-state index in [0.29, 0.717) is 11.5 Å². The second kappa shape index (κ2) is 4.62. The van der Waals surface area contributed by atoms with Gasteiger partial charge in [0.05, 0.1) is 0 Å². The SMILES string of the molecule is O=C(O)c1ccc(/C=C/c2ccc(C(=O)O)o2)o1. The van der Waals surface area contributed by atoms with Gasteiger partial charge in [-0.2, -0.15) is 0 Å². The second-order valence-corrected chi connectivity index (χ2v) is 3.35. The van der Waals surface area contributed by atoms with Crippen molar-refractivity contribution < 1.29 is 28.6 Å². The van der Waals surface area contributed by atoms with Gasteiger partial charge in [-0.15, -0.1) is 0 Å². The van der Waals surface area contributed by atoms with Crippen LogP contribution in [0, 0.1) is 0 Å². The van der Waals surface area contributed by atoms with Crippen LogP contribution in [0.3, 0.4) is 0 Å². The van der Waals surface area contributed by atoms with Crippen LogP contribution in [0.2, 0.25) is 0 Å². The van der Waals surface area contributed by atoms with E-state index in [1.54, 1.807) is 0 Å². The lowest BCUT2D eigenvalue weighted by atomic mass is 10.3. The number of aromatic carboxylic acids is 2. The maximum atomic E-state index is 10.6. The maximum Gasteiger partial charge on any atom is 0.371 e. The van der Waals surface area contributed by atoms with Gasteiger partial charge in [-0.3, -0.25) is 0 Å². The highest BCUT2D eigenvalue weighted by Gasteiger charge is 2.08. The molecule has 6 nitrogen and oxygen atoms in total. The molecule has 0 amide bonds. The monoisotopic (exact) mass is 248 g/mol. The Balaban J connectivity index is 2.13. The predicted molar refractivity (Wildman–Crippen MR) is 60.3 cm³/mol. The number of hydrogen-bond donors (Lipinski definition) is 2. The minimum absolute atomic E-state index is 0.166. The normalized spacial score (nSPS) is 10.9. The first-order valence-corrected chi connectivity index (χ1v) is 4.90. The Labute approximate surface area is 101 Å². The number of hydrogen-bond acceptors (Lipinski definition) is 4. The highest BCUT2D eigenvalue weighted by molar-refractivity contribution is 5.85. The van der Waals surface area contributed by atoms with Gasteiger partial charge in [0.25, 0.3) is 0 Å². The fraction of sp³-hybridized carbons (Fsp3) is 0. The third kappa shape index (κ3) is 2.49. The highest BCUT2D eigenvalue weighted by atomic mass is 16.4. The van der Waals surface area contributed by atoms with E-state index in [1.165, 1.54) is 36.4 Å². The Hall–Kier alpha value is -2.76. The van der Waals surface area contributed by atoms with Crippen LogP contribution in [-0.2, 0) is 0 Å². The van der Waals surface area contributed by atoms with Gasteiger partial charge in [0.1, 0.15) is 11.5 Å². The van der Waals surface area contributed by atoms with E-state index in [-0.39, 0.29) is 11.5 Å². The van der Waals surface area contributed by atoms with Gasteiger partial charge in [-0.25, -0.2) is 9.59 Å². The van der Waals surface area contributed by atoms with Crippen LogP contribution >= 0.6 is 0 Å². The fourth-order valence-electron chi connectivity index (χ4n) is 1.28. The van der Waals surface area contributed by atoms with E-state index in [1.807, 2.05) is 0 Å². The molecule has 2 heterocycles. The molecule has 2 aromatic heterocycles. The van der Waals surface area contributed by atoms with Crippen LogP contribution in [0.15, 0.2) is 33.1 Å². The van der Waals surface area contributed by atoms with E-state index < -0.39 is 11.9 Å². The number of carboxylic acids is 2. The minimum Gasteiger partial charge on any atom is -0.475 e. The molecule has 18 heavy (non-hydrogen) atoms. The summed E-state index contributed by atoms with van der Waals surface area (Å²) < 4.78 is 9.95. The second-order valence-electron chi connectivity index (χ2n) is 3.35. The van der Waals surface area contributed by atoms with Gasteiger partial charge in [0.2, 0.25) is 11.5 Å². The maximum absolute atomic E-state index is 10.6. The fourth-order valence-corrected chi connectivity index (χ4v) is 1.28. The van der Waals surface area contributed by atoms with Gasteiger partial charge in [0, 0.05) is 0 Å². The number of furan rings is 2. The zero-order valence-corrected chi connectivity index (χ0v) is 8.99. The molecule has 0 unspecified atom stereocenters. The van der Waals surface area contributed by atoms with E-state index in [9.17, 15) is 9.59 Å². The number of carboxylic acid groups (broad SMARTS) is 2. The lowest BCUT2D eigenvalue weighted by Crippen LogP contribution is -1.91. The third-order valence-electron chi connectivity index (χ3n) is 2.09. The topological polar surface area (TPSA) is 101 Å². The number of rotatable bonds is 4. The Bertz CT molecular complexity index is 562. The average Bonchev–Trinajstić information content (AvgIpc) is 2.95. The summed E-state index contributed by atoms with van der Waals surface area (Å²) >= 11 is 0. The summed E-state index contributed by atoms with van der Waals surface area (Å²) in [4.78, 5) is 21.1. The van der Waals surface area contributed by atoms with Gasteiger partial charge >= 0.3 is 11.9 Å². The quantitative estimate of drug-likeness (QED) is 0.861. The number of carbonyl (C=O) groups is 2. The molecule has 0 aliphatic heterocycles. The largest absolute Gasteiger partial charge is 0.475 e. The third-order valence-corrected chi connectivity index (χ3v) is 2.09. The average molecular weight is 248 g/mol. The predicted octanol–water partition coefficient (Wildman–Crippen LogP) is 2.44. The lowest BCUT2D eigenvalue weighted by molar-refractivity contribution is 0.0652. The van der Waals surface area contributed by atoms with Crippen molar-refractivity contribution in [3.63, 3.8) is 0 Å². The zero-order valence-electron chi connectivity index (χ0n) is 8.99. The van der Waals surface area contributed by atoms with Gasteiger partial charge in [-0.05, 0) is 36.4 Å². The van der Waals surface area contributed by atoms with Crippen molar-refractivity contribution in [2.45, 2.75) is 0 Å². The molecular weight excluding hydrogens is 240 g/mol. The van der Waals surface area contributed by atoms with E-state index in [4.69, 9.17) is 19.0 Å². The Morgan fingerprint density at radius 3 is 1.50 bits per heavy atom. The van der Waals surface area contributed by atoms with Crippen LogP contribution in [0.5, 0.6) is 0 Å². The first-order valence-electron chi connectivity index (χ1n) is 4.90. The van der Waals surface area contributed by atoms with Crippen molar-refractivity contribution >= 4 is 24.1 Å². The molecule has 0 saturated carbocycles. The lowest BCUT2D eigenvalue weighted by Gasteiger charge is -1.87. The standard InChI is InChI=1S/C12H8O6/c13-11(14)9-5-3-7(17-9)1-2-8-4-6-10(18-8)12(15)16/h1-6H,(H,13,14)(H,15,16)/b2-1+. The molecule has 2 aromatic rings.